The van der Waals surface area contributed by atoms with E-state index in [1.807, 2.05) is 43.3 Å². The number of carbonyl (C=O) groups excluding carboxylic acids is 1. The molecule has 27 heavy (non-hydrogen) atoms. The fourth-order valence-corrected chi connectivity index (χ4v) is 4.47. The highest BCUT2D eigenvalue weighted by atomic mass is 32.2. The first-order chi connectivity index (χ1) is 13.1. The molecule has 7 heteroatoms. The molecular weight excluding hydrogens is 378 g/mol. The third kappa shape index (κ3) is 4.48. The van der Waals surface area contributed by atoms with Crippen molar-refractivity contribution >= 4 is 39.2 Å². The molecule has 0 aliphatic rings. The zero-order valence-corrected chi connectivity index (χ0v) is 16.7. The predicted octanol–water partition coefficient (Wildman–Crippen LogP) is 3.93. The summed E-state index contributed by atoms with van der Waals surface area (Å²) in [5.41, 5.74) is 1.63. The zero-order valence-electron chi connectivity index (χ0n) is 15.1. The Morgan fingerprint density at radius 3 is 2.85 bits per heavy atom. The summed E-state index contributed by atoms with van der Waals surface area (Å²) in [7, 11) is 0. The Morgan fingerprint density at radius 1 is 1.37 bits per heavy atom. The van der Waals surface area contributed by atoms with Crippen LogP contribution in [0, 0.1) is 0 Å². The lowest BCUT2D eigenvalue weighted by atomic mass is 10.2. The normalized spacial score (nSPS) is 10.9. The molecule has 1 N–H and O–H groups in total. The molecule has 2 heterocycles. The van der Waals surface area contributed by atoms with Crippen molar-refractivity contribution < 1.29 is 4.79 Å². The fourth-order valence-electron chi connectivity index (χ4n) is 2.58. The van der Waals surface area contributed by atoms with Crippen LogP contribution in [0.3, 0.4) is 0 Å². The molecule has 1 aromatic carbocycles. The Bertz CT molecular complexity index is 1010. The molecule has 0 saturated heterocycles. The number of nitrogens with one attached hydrogen (secondary N) is 1. The number of aromatic nitrogens is 2. The third-order valence-electron chi connectivity index (χ3n) is 3.87. The molecule has 0 unspecified atom stereocenters. The van der Waals surface area contributed by atoms with Gasteiger partial charge in [-0.15, -0.1) is 17.9 Å². The Morgan fingerprint density at radius 2 is 2.15 bits per heavy atom. The van der Waals surface area contributed by atoms with Crippen molar-refractivity contribution in [3.05, 3.63) is 59.4 Å². The number of fused-ring (bicyclic) bond motifs is 1. The molecule has 140 valence electrons. The standard InChI is InChI=1S/C20H21N3O2S2/c1-3-10-21-17(24)13-26-20-22-15-12-16(14-8-6-5-7-9-14)27-18(15)19(25)23(20)11-4-2/h4-9,12H,2-3,10-11,13H2,1H3,(H,21,24). The van der Waals surface area contributed by atoms with Gasteiger partial charge in [-0.3, -0.25) is 14.2 Å². The number of thioether (sulfide) groups is 1. The van der Waals surface area contributed by atoms with E-state index in [9.17, 15) is 9.59 Å². The maximum atomic E-state index is 13.0. The minimum atomic E-state index is -0.0939. The van der Waals surface area contributed by atoms with Crippen LogP contribution >= 0.6 is 23.1 Å². The number of benzene rings is 1. The second-order valence-corrected chi connectivity index (χ2v) is 7.92. The van der Waals surface area contributed by atoms with Crippen molar-refractivity contribution in [2.24, 2.45) is 0 Å². The summed E-state index contributed by atoms with van der Waals surface area (Å²) < 4.78 is 2.20. The van der Waals surface area contributed by atoms with Crippen molar-refractivity contribution in [3.8, 4) is 10.4 Å². The molecule has 0 fully saturated rings. The number of thiophene rings is 1. The summed E-state index contributed by atoms with van der Waals surface area (Å²) >= 11 is 2.72. The number of allylic oxidation sites excluding steroid dienone is 1. The maximum absolute atomic E-state index is 13.0. The van der Waals surface area contributed by atoms with E-state index in [4.69, 9.17) is 0 Å². The second kappa shape index (κ2) is 9.01. The minimum absolute atomic E-state index is 0.0587. The highest BCUT2D eigenvalue weighted by Crippen LogP contribution is 2.31. The van der Waals surface area contributed by atoms with Crippen molar-refractivity contribution in [1.82, 2.24) is 14.9 Å². The second-order valence-electron chi connectivity index (χ2n) is 5.93. The maximum Gasteiger partial charge on any atom is 0.272 e. The van der Waals surface area contributed by atoms with E-state index in [1.165, 1.54) is 23.1 Å². The summed E-state index contributed by atoms with van der Waals surface area (Å²) in [6, 6.07) is 11.9. The van der Waals surface area contributed by atoms with Gasteiger partial charge in [0.1, 0.15) is 4.70 Å². The zero-order chi connectivity index (χ0) is 19.2. The highest BCUT2D eigenvalue weighted by Gasteiger charge is 2.15. The van der Waals surface area contributed by atoms with E-state index in [1.54, 1.807) is 10.6 Å². The van der Waals surface area contributed by atoms with Crippen LogP contribution in [0.5, 0.6) is 0 Å². The molecule has 5 nitrogen and oxygen atoms in total. The van der Waals surface area contributed by atoms with Gasteiger partial charge in [0.15, 0.2) is 5.16 Å². The minimum Gasteiger partial charge on any atom is -0.355 e. The van der Waals surface area contributed by atoms with Crippen LogP contribution in [-0.2, 0) is 11.3 Å². The first-order valence-electron chi connectivity index (χ1n) is 8.74. The van der Waals surface area contributed by atoms with Crippen molar-refractivity contribution in [3.63, 3.8) is 0 Å². The van der Waals surface area contributed by atoms with E-state index in [0.29, 0.717) is 28.5 Å². The number of rotatable bonds is 8. The van der Waals surface area contributed by atoms with Crippen molar-refractivity contribution in [2.45, 2.75) is 25.0 Å². The van der Waals surface area contributed by atoms with Crippen LogP contribution in [-0.4, -0.2) is 27.8 Å². The third-order valence-corrected chi connectivity index (χ3v) is 6.01. The Hall–Kier alpha value is -2.38. The summed E-state index contributed by atoms with van der Waals surface area (Å²) in [4.78, 5) is 30.6. The van der Waals surface area contributed by atoms with E-state index in [-0.39, 0.29) is 17.2 Å². The number of hydrogen-bond acceptors (Lipinski definition) is 5. The predicted molar refractivity (Wildman–Crippen MR) is 114 cm³/mol. The topological polar surface area (TPSA) is 64.0 Å². The molecule has 0 spiro atoms. The van der Waals surface area contributed by atoms with Gasteiger partial charge >= 0.3 is 0 Å². The molecular formula is C20H21N3O2S2. The van der Waals surface area contributed by atoms with Gasteiger partial charge in [0, 0.05) is 18.0 Å². The number of carbonyl (C=O) groups is 1. The summed E-state index contributed by atoms with van der Waals surface area (Å²) in [6.45, 7) is 6.75. The van der Waals surface area contributed by atoms with Gasteiger partial charge in [-0.25, -0.2) is 4.98 Å². The van der Waals surface area contributed by atoms with E-state index in [0.717, 1.165) is 16.9 Å². The molecule has 0 saturated carbocycles. The number of hydrogen-bond donors (Lipinski definition) is 1. The average molecular weight is 400 g/mol. The molecule has 3 aromatic rings. The Labute approximate surface area is 166 Å². The van der Waals surface area contributed by atoms with Crippen LogP contribution in [0.25, 0.3) is 20.7 Å². The SMILES string of the molecule is C=CCn1c(SCC(=O)NCCC)nc2cc(-c3ccccc3)sc2c1=O. The van der Waals surface area contributed by atoms with E-state index >= 15 is 0 Å². The van der Waals surface area contributed by atoms with Crippen LogP contribution in [0.4, 0.5) is 0 Å². The summed E-state index contributed by atoms with van der Waals surface area (Å²) in [5, 5.41) is 3.38. The first kappa shape index (κ1) is 19.4. The summed E-state index contributed by atoms with van der Waals surface area (Å²) in [5.74, 6) is 0.168. The fraction of sp³-hybridized carbons (Fsp3) is 0.250. The molecule has 1 amide bonds. The molecule has 0 bridgehead atoms. The average Bonchev–Trinajstić information content (AvgIpc) is 3.12. The molecule has 2 aromatic heterocycles. The molecule has 0 aliphatic heterocycles. The van der Waals surface area contributed by atoms with E-state index < -0.39 is 0 Å². The lowest BCUT2D eigenvalue weighted by molar-refractivity contribution is -0.118. The van der Waals surface area contributed by atoms with Gasteiger partial charge in [-0.1, -0.05) is 55.1 Å². The highest BCUT2D eigenvalue weighted by molar-refractivity contribution is 7.99. The number of amides is 1. The van der Waals surface area contributed by atoms with Crippen molar-refractivity contribution in [2.75, 3.05) is 12.3 Å². The Kier molecular flexibility index (Phi) is 6.47. The van der Waals surface area contributed by atoms with Crippen LogP contribution < -0.4 is 10.9 Å². The molecule has 3 rings (SSSR count). The molecule has 0 aliphatic carbocycles. The van der Waals surface area contributed by atoms with Gasteiger partial charge in [0.25, 0.3) is 5.56 Å². The molecule has 0 radical (unpaired) electrons. The smallest absolute Gasteiger partial charge is 0.272 e. The molecule has 0 atom stereocenters. The van der Waals surface area contributed by atoms with Crippen LogP contribution in [0.1, 0.15) is 13.3 Å². The monoisotopic (exact) mass is 399 g/mol. The number of nitrogens with zero attached hydrogens (tertiary/aromatic N) is 2. The van der Waals surface area contributed by atoms with Crippen LogP contribution in [0.2, 0.25) is 0 Å². The first-order valence-corrected chi connectivity index (χ1v) is 10.5. The van der Waals surface area contributed by atoms with Crippen LogP contribution in [0.15, 0.2) is 59.0 Å². The lowest BCUT2D eigenvalue weighted by Gasteiger charge is -2.09. The van der Waals surface area contributed by atoms with Crippen molar-refractivity contribution in [1.29, 1.82) is 0 Å². The quantitative estimate of drug-likeness (QED) is 0.354. The van der Waals surface area contributed by atoms with Gasteiger partial charge in [0.05, 0.1) is 11.3 Å². The van der Waals surface area contributed by atoms with Gasteiger partial charge < -0.3 is 5.32 Å². The lowest BCUT2D eigenvalue weighted by Crippen LogP contribution is -2.27. The van der Waals surface area contributed by atoms with Gasteiger partial charge in [-0.05, 0) is 18.1 Å². The largest absolute Gasteiger partial charge is 0.355 e. The Balaban J connectivity index is 1.97. The summed E-state index contributed by atoms with van der Waals surface area (Å²) in [6.07, 6.45) is 2.56. The van der Waals surface area contributed by atoms with Gasteiger partial charge in [0.2, 0.25) is 5.91 Å². The van der Waals surface area contributed by atoms with Gasteiger partial charge in [-0.2, -0.15) is 0 Å². The van der Waals surface area contributed by atoms with E-state index in [2.05, 4.69) is 16.9 Å².